The average molecular weight is 379 g/mol. The van der Waals surface area contributed by atoms with Gasteiger partial charge in [0.15, 0.2) is 5.78 Å². The molecule has 25 heavy (non-hydrogen) atoms. The van der Waals surface area contributed by atoms with Crippen molar-refractivity contribution in [2.75, 3.05) is 0 Å². The predicted octanol–water partition coefficient (Wildman–Crippen LogP) is 6.49. The van der Waals surface area contributed by atoms with Gasteiger partial charge in [0, 0.05) is 22.3 Å². The maximum Gasteiger partial charge on any atom is 0.185 e. The lowest BCUT2D eigenvalue weighted by Gasteiger charge is -2.17. The van der Waals surface area contributed by atoms with Crippen molar-refractivity contribution in [3.05, 3.63) is 80.4 Å². The van der Waals surface area contributed by atoms with Crippen LogP contribution in [0.15, 0.2) is 47.5 Å². The first-order valence-electron chi connectivity index (χ1n) is 7.81. The number of benzene rings is 2. The van der Waals surface area contributed by atoms with E-state index < -0.39 is 11.6 Å². The lowest BCUT2D eigenvalue weighted by molar-refractivity contribution is -0.112. The van der Waals surface area contributed by atoms with Crippen LogP contribution in [0.1, 0.15) is 30.4 Å². The third kappa shape index (κ3) is 3.83. The van der Waals surface area contributed by atoms with Crippen LogP contribution < -0.4 is 0 Å². The van der Waals surface area contributed by atoms with E-state index in [1.165, 1.54) is 36.4 Å². The van der Waals surface area contributed by atoms with E-state index in [2.05, 4.69) is 0 Å². The van der Waals surface area contributed by atoms with Crippen LogP contribution in [0.3, 0.4) is 0 Å². The largest absolute Gasteiger partial charge is 0.289 e. The molecule has 0 saturated heterocycles. The summed E-state index contributed by atoms with van der Waals surface area (Å²) in [7, 11) is 0. The molecule has 1 fully saturated rings. The van der Waals surface area contributed by atoms with Gasteiger partial charge in [-0.25, -0.2) is 8.78 Å². The number of carbonyl (C=O) groups is 1. The van der Waals surface area contributed by atoms with Gasteiger partial charge in [-0.3, -0.25) is 4.79 Å². The summed E-state index contributed by atoms with van der Waals surface area (Å²) in [5, 5.41) is 0.488. The van der Waals surface area contributed by atoms with E-state index in [0.717, 1.165) is 0 Å². The molecule has 1 aliphatic rings. The fraction of sp³-hybridized carbons (Fsp3) is 0.150. The van der Waals surface area contributed by atoms with E-state index in [0.29, 0.717) is 30.4 Å². The number of ketones is 1. The summed E-state index contributed by atoms with van der Waals surface area (Å²) in [6.07, 6.45) is 4.71. The van der Waals surface area contributed by atoms with E-state index in [4.69, 9.17) is 23.2 Å². The molecule has 1 saturated carbocycles. The molecule has 0 aromatic heterocycles. The van der Waals surface area contributed by atoms with Gasteiger partial charge in [-0.1, -0.05) is 35.3 Å². The second-order valence-electron chi connectivity index (χ2n) is 5.79. The van der Waals surface area contributed by atoms with E-state index in [9.17, 15) is 13.6 Å². The summed E-state index contributed by atoms with van der Waals surface area (Å²) in [5.41, 5.74) is 1.30. The predicted molar refractivity (Wildman–Crippen MR) is 97.6 cm³/mol. The number of hydrogen-bond donors (Lipinski definition) is 0. The minimum absolute atomic E-state index is 0.192. The first-order valence-corrected chi connectivity index (χ1v) is 8.57. The number of Topliss-reactive ketones (excluding diaryl/α,β-unsaturated/α-hetero) is 1. The Morgan fingerprint density at radius 3 is 1.64 bits per heavy atom. The zero-order valence-corrected chi connectivity index (χ0v) is 14.7. The Balaban J connectivity index is 1.99. The number of allylic oxidation sites excluding steroid dienone is 2. The van der Waals surface area contributed by atoms with Gasteiger partial charge in [0.05, 0.1) is 10.0 Å². The van der Waals surface area contributed by atoms with Crippen molar-refractivity contribution < 1.29 is 13.6 Å². The van der Waals surface area contributed by atoms with Gasteiger partial charge in [-0.2, -0.15) is 0 Å². The minimum atomic E-state index is -0.485. The zero-order valence-electron chi connectivity index (χ0n) is 13.2. The highest BCUT2D eigenvalue weighted by atomic mass is 35.5. The SMILES string of the molecule is O=C1/C(=C\c2c(F)cccc2Cl)CCC/C1=C\c1c(F)cccc1Cl. The Morgan fingerprint density at radius 1 is 0.800 bits per heavy atom. The lowest BCUT2D eigenvalue weighted by atomic mass is 9.86. The third-order valence-corrected chi connectivity index (χ3v) is 4.77. The molecule has 0 radical (unpaired) electrons. The van der Waals surface area contributed by atoms with Crippen molar-refractivity contribution in [2.45, 2.75) is 19.3 Å². The van der Waals surface area contributed by atoms with E-state index in [1.54, 1.807) is 12.1 Å². The Morgan fingerprint density at radius 2 is 1.24 bits per heavy atom. The van der Waals surface area contributed by atoms with Crippen LogP contribution in [0.25, 0.3) is 12.2 Å². The van der Waals surface area contributed by atoms with Gasteiger partial charge < -0.3 is 0 Å². The van der Waals surface area contributed by atoms with Crippen molar-refractivity contribution in [1.29, 1.82) is 0 Å². The first-order chi connectivity index (χ1) is 12.0. The number of halogens is 4. The Kier molecular flexibility index (Phi) is 5.36. The molecular weight excluding hydrogens is 365 g/mol. The summed E-state index contributed by atoms with van der Waals surface area (Å²) >= 11 is 12.1. The zero-order chi connectivity index (χ0) is 18.0. The number of rotatable bonds is 2. The van der Waals surface area contributed by atoms with Crippen molar-refractivity contribution in [1.82, 2.24) is 0 Å². The molecule has 3 rings (SSSR count). The molecule has 5 heteroatoms. The molecule has 0 bridgehead atoms. The molecule has 2 aromatic carbocycles. The third-order valence-electron chi connectivity index (χ3n) is 4.11. The van der Waals surface area contributed by atoms with Crippen LogP contribution in [-0.4, -0.2) is 5.78 Å². The van der Waals surface area contributed by atoms with Crippen molar-refractivity contribution in [3.63, 3.8) is 0 Å². The van der Waals surface area contributed by atoms with Crippen LogP contribution in [-0.2, 0) is 4.79 Å². The Hall–Kier alpha value is -1.97. The van der Waals surface area contributed by atoms with Gasteiger partial charge in [0.2, 0.25) is 0 Å². The molecule has 0 heterocycles. The van der Waals surface area contributed by atoms with Crippen LogP contribution >= 0.6 is 23.2 Å². The standard InChI is InChI=1S/C20H14Cl2F2O/c21-16-6-2-8-18(23)14(16)10-12-4-1-5-13(20(12)25)11-15-17(22)7-3-9-19(15)24/h2-3,6-11H,1,4-5H2/b12-10-,13-11+. The van der Waals surface area contributed by atoms with E-state index >= 15 is 0 Å². The number of hydrogen-bond acceptors (Lipinski definition) is 1. The quantitative estimate of drug-likeness (QED) is 0.545. The molecule has 1 nitrogen and oxygen atoms in total. The van der Waals surface area contributed by atoms with Gasteiger partial charge in [0.1, 0.15) is 11.6 Å². The summed E-state index contributed by atoms with van der Waals surface area (Å²) in [6, 6.07) is 8.74. The minimum Gasteiger partial charge on any atom is -0.289 e. The molecule has 0 atom stereocenters. The van der Waals surface area contributed by atoms with Crippen LogP contribution in [0.5, 0.6) is 0 Å². The van der Waals surface area contributed by atoms with Gasteiger partial charge >= 0.3 is 0 Å². The Bertz CT molecular complexity index is 789. The highest BCUT2D eigenvalue weighted by molar-refractivity contribution is 6.33. The molecule has 0 amide bonds. The Labute approximate surface area is 154 Å². The van der Waals surface area contributed by atoms with Gasteiger partial charge in [-0.05, 0) is 55.7 Å². The van der Waals surface area contributed by atoms with Gasteiger partial charge in [-0.15, -0.1) is 0 Å². The molecule has 0 spiro atoms. The maximum absolute atomic E-state index is 14.0. The molecule has 0 N–H and O–H groups in total. The topological polar surface area (TPSA) is 17.1 Å². The lowest BCUT2D eigenvalue weighted by Crippen LogP contribution is -2.12. The smallest absolute Gasteiger partial charge is 0.185 e. The molecule has 128 valence electrons. The van der Waals surface area contributed by atoms with Gasteiger partial charge in [0.25, 0.3) is 0 Å². The van der Waals surface area contributed by atoms with Crippen LogP contribution in [0.2, 0.25) is 10.0 Å². The summed E-state index contributed by atoms with van der Waals surface area (Å²) < 4.78 is 27.9. The maximum atomic E-state index is 14.0. The monoisotopic (exact) mass is 378 g/mol. The highest BCUT2D eigenvalue weighted by Gasteiger charge is 2.22. The van der Waals surface area contributed by atoms with Crippen molar-refractivity contribution >= 4 is 41.1 Å². The molecule has 2 aromatic rings. The first kappa shape index (κ1) is 17.8. The second kappa shape index (κ2) is 7.51. The van der Waals surface area contributed by atoms with Crippen molar-refractivity contribution in [3.8, 4) is 0 Å². The molecule has 1 aliphatic carbocycles. The van der Waals surface area contributed by atoms with Crippen LogP contribution in [0, 0.1) is 11.6 Å². The van der Waals surface area contributed by atoms with Crippen LogP contribution in [0.4, 0.5) is 8.78 Å². The summed E-state index contributed by atoms with van der Waals surface area (Å²) in [4.78, 5) is 12.7. The molecular formula is C20H14Cl2F2O. The highest BCUT2D eigenvalue weighted by Crippen LogP contribution is 2.32. The fourth-order valence-electron chi connectivity index (χ4n) is 2.82. The molecule has 0 aliphatic heterocycles. The second-order valence-corrected chi connectivity index (χ2v) is 6.61. The normalized spacial score (nSPS) is 18.2. The number of carbonyl (C=O) groups excluding carboxylic acids is 1. The van der Waals surface area contributed by atoms with Crippen molar-refractivity contribution in [2.24, 2.45) is 0 Å². The van der Waals surface area contributed by atoms with E-state index in [1.807, 2.05) is 0 Å². The fourth-order valence-corrected chi connectivity index (χ4v) is 3.26. The average Bonchev–Trinajstić information content (AvgIpc) is 2.57. The van der Waals surface area contributed by atoms with E-state index in [-0.39, 0.29) is 27.0 Å². The summed E-state index contributed by atoms with van der Waals surface area (Å²) in [5.74, 6) is -1.20. The molecule has 0 unspecified atom stereocenters. The summed E-state index contributed by atoms with van der Waals surface area (Å²) in [6.45, 7) is 0.